The number of aromatic nitrogens is 1. The molecule has 0 aliphatic carbocycles. The number of anilines is 1. The van der Waals surface area contributed by atoms with Crippen LogP contribution in [0, 0.1) is 23.5 Å². The fourth-order valence-corrected chi connectivity index (χ4v) is 1.97. The first-order valence-corrected chi connectivity index (χ1v) is 5.64. The Labute approximate surface area is 106 Å². The normalized spacial score (nSPS) is 23.8. The van der Waals surface area contributed by atoms with Crippen LogP contribution in [0.3, 0.4) is 0 Å². The zero-order valence-corrected chi connectivity index (χ0v) is 10.0. The van der Waals surface area contributed by atoms with Crippen LogP contribution in [0.4, 0.5) is 23.2 Å². The lowest BCUT2D eigenvalue weighted by molar-refractivity contribution is -0.0108. The van der Waals surface area contributed by atoms with Crippen molar-refractivity contribution in [2.24, 2.45) is 0 Å². The zero-order chi connectivity index (χ0) is 14.2. The Balaban J connectivity index is 2.45. The molecule has 1 N–H and O–H groups in total. The first-order chi connectivity index (χ1) is 8.95. The van der Waals surface area contributed by atoms with Gasteiger partial charge in [-0.3, -0.25) is 0 Å². The molecule has 0 bridgehead atoms. The molecule has 19 heavy (non-hydrogen) atoms. The number of aliphatic hydroxyl groups is 1. The number of hydrogen-bond acceptors (Lipinski definition) is 4. The molecule has 1 aliphatic rings. The van der Waals surface area contributed by atoms with Crippen molar-refractivity contribution in [3.63, 3.8) is 0 Å². The van der Waals surface area contributed by atoms with Crippen molar-refractivity contribution in [1.82, 2.24) is 4.98 Å². The molecule has 1 saturated heterocycles. The molecule has 0 aromatic carbocycles. The molecule has 8 heteroatoms. The predicted octanol–water partition coefficient (Wildman–Crippen LogP) is 1.22. The van der Waals surface area contributed by atoms with E-state index in [0.717, 1.165) is 4.90 Å². The van der Waals surface area contributed by atoms with Gasteiger partial charge in [-0.15, -0.1) is 0 Å². The second-order valence-corrected chi connectivity index (χ2v) is 4.31. The monoisotopic (exact) mass is 280 g/mol. The molecule has 1 aromatic heterocycles. The Hall–Kier alpha value is -1.41. The highest BCUT2D eigenvalue weighted by atomic mass is 19.2. The number of halogens is 4. The number of hydrogen-bond donors (Lipinski definition) is 1. The molecular formula is C11H12F4N2O2. The third-order valence-electron chi connectivity index (χ3n) is 2.97. The Kier molecular flexibility index (Phi) is 3.91. The molecule has 2 heterocycles. The lowest BCUT2D eigenvalue weighted by Crippen LogP contribution is -2.50. The van der Waals surface area contributed by atoms with Gasteiger partial charge < -0.3 is 14.7 Å². The summed E-state index contributed by atoms with van der Waals surface area (Å²) in [6.45, 7) is 1.23. The van der Waals surface area contributed by atoms with E-state index >= 15 is 0 Å². The molecule has 2 unspecified atom stereocenters. The summed E-state index contributed by atoms with van der Waals surface area (Å²) in [7, 11) is 0. The van der Waals surface area contributed by atoms with Gasteiger partial charge in [0.15, 0.2) is 0 Å². The van der Waals surface area contributed by atoms with Crippen LogP contribution in [-0.4, -0.2) is 42.0 Å². The van der Waals surface area contributed by atoms with Gasteiger partial charge in [0.1, 0.15) is 5.69 Å². The molecule has 4 nitrogen and oxygen atoms in total. The summed E-state index contributed by atoms with van der Waals surface area (Å²) >= 11 is 0. The Morgan fingerprint density at radius 2 is 1.84 bits per heavy atom. The second kappa shape index (κ2) is 5.30. The summed E-state index contributed by atoms with van der Waals surface area (Å²) in [6, 6.07) is -0.493. The highest BCUT2D eigenvalue weighted by Crippen LogP contribution is 2.29. The fraction of sp³-hybridized carbons (Fsp3) is 0.545. The lowest BCUT2D eigenvalue weighted by Gasteiger charge is -2.39. The van der Waals surface area contributed by atoms with Gasteiger partial charge in [0.2, 0.25) is 11.6 Å². The largest absolute Gasteiger partial charge is 0.394 e. The number of aliphatic hydroxyl groups excluding tert-OH is 1. The van der Waals surface area contributed by atoms with E-state index in [1.165, 1.54) is 0 Å². The number of morpholine rings is 1. The molecule has 0 amide bonds. The van der Waals surface area contributed by atoms with E-state index in [-0.39, 0.29) is 19.8 Å². The van der Waals surface area contributed by atoms with Crippen molar-refractivity contribution in [2.45, 2.75) is 19.1 Å². The molecule has 2 atom stereocenters. The molecule has 1 fully saturated rings. The summed E-state index contributed by atoms with van der Waals surface area (Å²) in [6.07, 6.45) is -0.672. The van der Waals surface area contributed by atoms with Crippen molar-refractivity contribution in [3.05, 3.63) is 23.5 Å². The second-order valence-electron chi connectivity index (χ2n) is 4.31. The standard InChI is InChI=1S/C11H12F4N2O2/c1-5-4-19-6(3-18)2-17(5)9-7(12)10(14)16-11(15)8(9)13/h5-6,18H,2-4H2,1H3. The van der Waals surface area contributed by atoms with E-state index in [0.29, 0.717) is 0 Å². The van der Waals surface area contributed by atoms with E-state index in [9.17, 15) is 17.6 Å². The van der Waals surface area contributed by atoms with Gasteiger partial charge in [0.05, 0.1) is 19.3 Å². The maximum Gasteiger partial charge on any atom is 0.253 e. The lowest BCUT2D eigenvalue weighted by atomic mass is 10.1. The van der Waals surface area contributed by atoms with Gasteiger partial charge in [0.25, 0.3) is 11.9 Å². The third kappa shape index (κ3) is 2.50. The van der Waals surface area contributed by atoms with Gasteiger partial charge >= 0.3 is 0 Å². The summed E-state index contributed by atoms with van der Waals surface area (Å²) in [5.74, 6) is -6.50. The smallest absolute Gasteiger partial charge is 0.253 e. The van der Waals surface area contributed by atoms with Gasteiger partial charge in [-0.05, 0) is 6.92 Å². The minimum Gasteiger partial charge on any atom is -0.394 e. The number of rotatable bonds is 2. The van der Waals surface area contributed by atoms with Crippen molar-refractivity contribution in [2.75, 3.05) is 24.7 Å². The maximum atomic E-state index is 13.6. The first kappa shape index (κ1) is 14.0. The van der Waals surface area contributed by atoms with Crippen molar-refractivity contribution in [3.8, 4) is 0 Å². The molecule has 1 aromatic rings. The van der Waals surface area contributed by atoms with Crippen LogP contribution in [0.15, 0.2) is 0 Å². The Bertz CT molecular complexity index is 460. The molecular weight excluding hydrogens is 268 g/mol. The van der Waals surface area contributed by atoms with Crippen LogP contribution in [0.5, 0.6) is 0 Å². The van der Waals surface area contributed by atoms with Crippen LogP contribution in [0.2, 0.25) is 0 Å². The van der Waals surface area contributed by atoms with Crippen LogP contribution >= 0.6 is 0 Å². The fourth-order valence-electron chi connectivity index (χ4n) is 1.97. The van der Waals surface area contributed by atoms with E-state index in [2.05, 4.69) is 4.98 Å². The average molecular weight is 280 g/mol. The minimum atomic E-state index is -1.70. The topological polar surface area (TPSA) is 45.6 Å². The molecule has 0 saturated carbocycles. The molecule has 0 spiro atoms. The van der Waals surface area contributed by atoms with Gasteiger partial charge in [-0.25, -0.2) is 0 Å². The van der Waals surface area contributed by atoms with E-state index in [1.54, 1.807) is 6.92 Å². The van der Waals surface area contributed by atoms with Gasteiger partial charge in [-0.1, -0.05) is 0 Å². The summed E-state index contributed by atoms with van der Waals surface area (Å²) in [4.78, 5) is 3.63. The molecule has 106 valence electrons. The number of pyridine rings is 1. The molecule has 0 radical (unpaired) electrons. The highest BCUT2D eigenvalue weighted by Gasteiger charge is 2.32. The molecule has 2 rings (SSSR count). The quantitative estimate of drug-likeness (QED) is 0.653. The zero-order valence-electron chi connectivity index (χ0n) is 10.0. The number of nitrogens with zero attached hydrogens (tertiary/aromatic N) is 2. The van der Waals surface area contributed by atoms with Crippen LogP contribution in [-0.2, 0) is 4.74 Å². The Morgan fingerprint density at radius 1 is 1.26 bits per heavy atom. The van der Waals surface area contributed by atoms with E-state index < -0.39 is 41.4 Å². The van der Waals surface area contributed by atoms with E-state index in [4.69, 9.17) is 9.84 Å². The van der Waals surface area contributed by atoms with Crippen LogP contribution < -0.4 is 4.90 Å². The van der Waals surface area contributed by atoms with Crippen LogP contribution in [0.25, 0.3) is 0 Å². The summed E-state index contributed by atoms with van der Waals surface area (Å²) in [5.41, 5.74) is -0.820. The SMILES string of the molecule is CC1COC(CO)CN1c1c(F)c(F)nc(F)c1F. The first-order valence-electron chi connectivity index (χ1n) is 5.64. The minimum absolute atomic E-state index is 0.0750. The Morgan fingerprint density at radius 3 is 2.37 bits per heavy atom. The van der Waals surface area contributed by atoms with Gasteiger partial charge in [0, 0.05) is 12.6 Å². The van der Waals surface area contributed by atoms with Crippen molar-refractivity contribution < 1.29 is 27.4 Å². The van der Waals surface area contributed by atoms with Crippen LogP contribution in [0.1, 0.15) is 6.92 Å². The van der Waals surface area contributed by atoms with Crippen molar-refractivity contribution in [1.29, 1.82) is 0 Å². The number of ether oxygens (including phenoxy) is 1. The summed E-state index contributed by atoms with van der Waals surface area (Å²) in [5, 5.41) is 8.99. The maximum absolute atomic E-state index is 13.6. The predicted molar refractivity (Wildman–Crippen MR) is 57.7 cm³/mol. The highest BCUT2D eigenvalue weighted by molar-refractivity contribution is 5.50. The van der Waals surface area contributed by atoms with Crippen molar-refractivity contribution >= 4 is 5.69 Å². The molecule has 1 aliphatic heterocycles. The average Bonchev–Trinajstić information content (AvgIpc) is 2.39. The van der Waals surface area contributed by atoms with Gasteiger partial charge in [-0.2, -0.15) is 22.5 Å². The summed E-state index contributed by atoms with van der Waals surface area (Å²) < 4.78 is 58.6. The van der Waals surface area contributed by atoms with E-state index in [1.807, 2.05) is 0 Å². The third-order valence-corrected chi connectivity index (χ3v) is 2.97.